The number of carbonyl (C=O) groups is 3. The van der Waals surface area contributed by atoms with Crippen LogP contribution in [0, 0.1) is 11.8 Å². The van der Waals surface area contributed by atoms with E-state index in [1.165, 1.54) is 0 Å². The van der Waals surface area contributed by atoms with Crippen LogP contribution < -0.4 is 15.4 Å². The minimum Gasteiger partial charge on any atom is -0.494 e. The predicted octanol–water partition coefficient (Wildman–Crippen LogP) is 4.24. The summed E-state index contributed by atoms with van der Waals surface area (Å²) in [4.78, 5) is 43.4. The highest BCUT2D eigenvalue weighted by Crippen LogP contribution is 2.63. The summed E-state index contributed by atoms with van der Waals surface area (Å²) in [5.74, 6) is -1.81. The van der Waals surface area contributed by atoms with Crippen LogP contribution in [-0.4, -0.2) is 64.7 Å². The molecule has 3 fully saturated rings. The van der Waals surface area contributed by atoms with Gasteiger partial charge in [0.2, 0.25) is 17.7 Å². The van der Waals surface area contributed by atoms with Gasteiger partial charge in [-0.05, 0) is 82.3 Å². The second-order valence-electron chi connectivity index (χ2n) is 11.0. The maximum absolute atomic E-state index is 14.1. The van der Waals surface area contributed by atoms with Crippen molar-refractivity contribution in [2.24, 2.45) is 11.8 Å². The molecule has 9 nitrogen and oxygen atoms in total. The molecule has 10 heteroatoms. The molecule has 5 atom stereocenters. The lowest BCUT2D eigenvalue weighted by atomic mass is 9.66. The van der Waals surface area contributed by atoms with Gasteiger partial charge in [0.25, 0.3) is 0 Å². The number of unbranched alkanes of at least 4 members (excludes halogenated alkanes) is 2. The molecule has 3 amide bonds. The number of rotatable bonds is 11. The minimum atomic E-state index is -1.13. The third-order valence-electron chi connectivity index (χ3n) is 8.43. The molecule has 5 rings (SSSR count). The quantitative estimate of drug-likeness (QED) is 0.348. The zero-order chi connectivity index (χ0) is 28.5. The number of aliphatic hydroxyl groups excluding tert-OH is 1. The third kappa shape index (κ3) is 4.95. The van der Waals surface area contributed by atoms with E-state index in [2.05, 4.69) is 10.6 Å². The van der Waals surface area contributed by atoms with E-state index in [-0.39, 0.29) is 24.3 Å². The molecule has 3 saturated heterocycles. The smallest absolute Gasteiger partial charge is 0.250 e. The van der Waals surface area contributed by atoms with E-state index in [4.69, 9.17) is 21.1 Å². The molecule has 2 unspecified atom stereocenters. The van der Waals surface area contributed by atoms with Gasteiger partial charge in [0.05, 0.1) is 34.8 Å². The van der Waals surface area contributed by atoms with Gasteiger partial charge in [0.1, 0.15) is 17.4 Å². The number of benzene rings is 2. The van der Waals surface area contributed by atoms with Crippen LogP contribution in [0.4, 0.5) is 11.4 Å². The van der Waals surface area contributed by atoms with Crippen molar-refractivity contribution in [3.63, 3.8) is 0 Å². The van der Waals surface area contributed by atoms with Crippen LogP contribution >= 0.6 is 11.6 Å². The van der Waals surface area contributed by atoms with Crippen LogP contribution in [0.1, 0.15) is 46.0 Å². The van der Waals surface area contributed by atoms with Crippen molar-refractivity contribution in [3.05, 3.63) is 53.6 Å². The Bertz CT molecular complexity index is 1270. The number of fused-ring (bicyclic) bond motifs is 1. The number of aliphatic hydroxyl groups is 1. The molecule has 3 N–H and O–H groups in total. The Balaban J connectivity index is 1.44. The van der Waals surface area contributed by atoms with E-state index >= 15 is 0 Å². The van der Waals surface area contributed by atoms with Gasteiger partial charge >= 0.3 is 0 Å². The molecule has 2 aromatic rings. The summed E-state index contributed by atoms with van der Waals surface area (Å²) in [5, 5.41) is 15.5. The highest BCUT2D eigenvalue weighted by atomic mass is 35.5. The summed E-state index contributed by atoms with van der Waals surface area (Å²) in [7, 11) is 0. The van der Waals surface area contributed by atoms with Crippen LogP contribution in [-0.2, 0) is 19.1 Å². The third-order valence-corrected chi connectivity index (χ3v) is 8.76. The first-order valence-corrected chi connectivity index (χ1v) is 14.3. The van der Waals surface area contributed by atoms with Gasteiger partial charge in [-0.1, -0.05) is 23.7 Å². The summed E-state index contributed by atoms with van der Waals surface area (Å²) >= 11 is 6.33. The number of hydrogen-bond acceptors (Lipinski definition) is 6. The van der Waals surface area contributed by atoms with Gasteiger partial charge in [0.15, 0.2) is 0 Å². The Morgan fingerprint density at radius 2 is 1.82 bits per heavy atom. The molecule has 0 aliphatic carbocycles. The van der Waals surface area contributed by atoms with Gasteiger partial charge in [-0.3, -0.25) is 14.4 Å². The number of para-hydroxylation sites is 1. The maximum atomic E-state index is 14.1. The summed E-state index contributed by atoms with van der Waals surface area (Å²) in [6.45, 7) is 4.69. The zero-order valence-electron chi connectivity index (χ0n) is 22.8. The highest BCUT2D eigenvalue weighted by Gasteiger charge is 2.77. The first-order valence-electron chi connectivity index (χ1n) is 13.9. The SMILES string of the molecule is CCOc1ccc(NC(=O)[C@@H]2[C@H]3C(=O)N(CCCCCO)C(C(=O)Nc4ccccc4Cl)C34CC[C@@]2(C)O4)cc1. The van der Waals surface area contributed by atoms with Crippen LogP contribution in [0.5, 0.6) is 5.75 Å². The van der Waals surface area contributed by atoms with Crippen molar-refractivity contribution in [1.82, 2.24) is 4.90 Å². The number of amides is 3. The van der Waals surface area contributed by atoms with Crippen LogP contribution in [0.25, 0.3) is 0 Å². The Kier molecular flexibility index (Phi) is 8.08. The fourth-order valence-electron chi connectivity index (χ4n) is 6.72. The monoisotopic (exact) mass is 569 g/mol. The van der Waals surface area contributed by atoms with Crippen LogP contribution in [0.15, 0.2) is 48.5 Å². The zero-order valence-corrected chi connectivity index (χ0v) is 23.6. The van der Waals surface area contributed by atoms with Gasteiger partial charge in [-0.2, -0.15) is 0 Å². The minimum absolute atomic E-state index is 0.0617. The molecule has 214 valence electrons. The fourth-order valence-corrected chi connectivity index (χ4v) is 6.91. The van der Waals surface area contributed by atoms with Crippen molar-refractivity contribution in [2.75, 3.05) is 30.4 Å². The van der Waals surface area contributed by atoms with Crippen LogP contribution in [0.3, 0.4) is 0 Å². The number of nitrogens with one attached hydrogen (secondary N) is 2. The lowest BCUT2D eigenvalue weighted by molar-refractivity contribution is -0.143. The lowest BCUT2D eigenvalue weighted by Crippen LogP contribution is -2.53. The Hall–Kier alpha value is -3.14. The number of carbonyl (C=O) groups excluding carboxylic acids is 3. The highest BCUT2D eigenvalue weighted by molar-refractivity contribution is 6.33. The Morgan fingerprint density at radius 1 is 1.07 bits per heavy atom. The van der Waals surface area contributed by atoms with Gasteiger partial charge in [-0.25, -0.2) is 0 Å². The second-order valence-corrected chi connectivity index (χ2v) is 11.4. The molecule has 3 aliphatic heterocycles. The number of nitrogens with zero attached hydrogens (tertiary/aromatic N) is 1. The molecular formula is C30H36ClN3O6. The molecule has 1 spiro atoms. The van der Waals surface area contributed by atoms with E-state index in [1.807, 2.05) is 13.8 Å². The number of hydrogen-bond donors (Lipinski definition) is 3. The average molecular weight is 570 g/mol. The van der Waals surface area contributed by atoms with Crippen molar-refractivity contribution < 1.29 is 29.0 Å². The number of anilines is 2. The van der Waals surface area contributed by atoms with E-state index < -0.39 is 29.1 Å². The second kappa shape index (κ2) is 11.4. The van der Waals surface area contributed by atoms with Crippen molar-refractivity contribution in [2.45, 2.75) is 63.2 Å². The van der Waals surface area contributed by atoms with E-state index in [9.17, 15) is 19.5 Å². The number of halogens is 1. The topological polar surface area (TPSA) is 117 Å². The standard InChI is InChI=1S/C30H36ClN3O6/c1-3-39-20-13-11-19(12-14-20)32-26(36)23-24-28(38)34(17-7-4-8-18-35)25(30(24)16-15-29(23,2)40-30)27(37)33-22-10-6-5-9-21(22)31/h5-6,9-14,23-25,35H,3-4,7-8,15-18H2,1-2H3,(H,32,36)(H,33,37)/t23-,24-,25?,29+,30?/m0/s1. The molecule has 3 aliphatic rings. The molecule has 3 heterocycles. The molecule has 40 heavy (non-hydrogen) atoms. The van der Waals surface area contributed by atoms with Gasteiger partial charge in [-0.15, -0.1) is 0 Å². The number of ether oxygens (including phenoxy) is 2. The maximum Gasteiger partial charge on any atom is 0.250 e. The molecule has 2 bridgehead atoms. The summed E-state index contributed by atoms with van der Waals surface area (Å²) < 4.78 is 12.1. The normalized spacial score (nSPS) is 28.4. The fraction of sp³-hybridized carbons (Fsp3) is 0.500. The molecule has 0 aromatic heterocycles. The first kappa shape index (κ1) is 28.4. The van der Waals surface area contributed by atoms with Crippen molar-refractivity contribution >= 4 is 40.7 Å². The van der Waals surface area contributed by atoms with Crippen molar-refractivity contribution in [3.8, 4) is 5.75 Å². The first-order chi connectivity index (χ1) is 19.2. The van der Waals surface area contributed by atoms with Crippen LogP contribution in [0.2, 0.25) is 5.02 Å². The summed E-state index contributed by atoms with van der Waals surface area (Å²) in [6.07, 6.45) is 2.96. The lowest BCUT2D eigenvalue weighted by Gasteiger charge is -2.33. The summed E-state index contributed by atoms with van der Waals surface area (Å²) in [6, 6.07) is 13.1. The van der Waals surface area contributed by atoms with E-state index in [0.29, 0.717) is 67.4 Å². The average Bonchev–Trinajstić information content (AvgIpc) is 3.50. The predicted molar refractivity (Wildman–Crippen MR) is 151 cm³/mol. The number of likely N-dealkylation sites (tertiary alicyclic amines) is 1. The molecule has 2 aromatic carbocycles. The van der Waals surface area contributed by atoms with E-state index in [1.54, 1.807) is 53.4 Å². The van der Waals surface area contributed by atoms with Gasteiger partial charge in [0, 0.05) is 18.8 Å². The Labute approximate surface area is 239 Å². The molecule has 0 saturated carbocycles. The Morgan fingerprint density at radius 3 is 2.52 bits per heavy atom. The largest absolute Gasteiger partial charge is 0.494 e. The summed E-state index contributed by atoms with van der Waals surface area (Å²) in [5.41, 5.74) is -0.977. The van der Waals surface area contributed by atoms with E-state index in [0.717, 1.165) is 0 Å². The molecule has 0 radical (unpaired) electrons. The van der Waals surface area contributed by atoms with Crippen molar-refractivity contribution in [1.29, 1.82) is 0 Å². The van der Waals surface area contributed by atoms with Gasteiger partial charge < -0.3 is 30.1 Å². The molecular weight excluding hydrogens is 534 g/mol.